The summed E-state index contributed by atoms with van der Waals surface area (Å²) in [4.78, 5) is 2.76. The molecule has 0 aliphatic heterocycles. The molecule has 0 aliphatic rings. The molecule has 1 N–H and O–H groups in total. The highest BCUT2D eigenvalue weighted by Crippen LogP contribution is 2.27. The summed E-state index contributed by atoms with van der Waals surface area (Å²) in [6.07, 6.45) is 0. The molecule has 4 heteroatoms. The number of hydrogen-bond donors (Lipinski definition) is 1. The van der Waals surface area contributed by atoms with Crippen LogP contribution in [0.4, 0.5) is 0 Å². The van der Waals surface area contributed by atoms with Gasteiger partial charge in [-0.3, -0.25) is 0 Å². The third-order valence-electron chi connectivity index (χ3n) is 3.14. The summed E-state index contributed by atoms with van der Waals surface area (Å²) in [7, 11) is 0. The number of rotatable bonds is 4. The van der Waals surface area contributed by atoms with Crippen LogP contribution in [0.5, 0.6) is 0 Å². The number of nitrogens with one attached hydrogen (secondary N) is 1. The summed E-state index contributed by atoms with van der Waals surface area (Å²) < 4.78 is 0.940. The lowest BCUT2D eigenvalue weighted by Crippen LogP contribution is -2.18. The Bertz CT molecular complexity index is 580. The molecule has 0 amide bonds. The van der Waals surface area contributed by atoms with Crippen molar-refractivity contribution < 1.29 is 0 Å². The Morgan fingerprint density at radius 1 is 1.32 bits per heavy atom. The largest absolute Gasteiger partial charge is 0.306 e. The molecular formula is C15H17BrClNS. The van der Waals surface area contributed by atoms with E-state index in [1.165, 1.54) is 20.9 Å². The fourth-order valence-electron chi connectivity index (χ4n) is 2.11. The van der Waals surface area contributed by atoms with Gasteiger partial charge in [0, 0.05) is 26.8 Å². The van der Waals surface area contributed by atoms with Gasteiger partial charge in [0.15, 0.2) is 0 Å². The van der Waals surface area contributed by atoms with E-state index < -0.39 is 0 Å². The Balaban J connectivity index is 2.02. The van der Waals surface area contributed by atoms with E-state index in [-0.39, 0.29) is 0 Å². The van der Waals surface area contributed by atoms with E-state index in [4.69, 9.17) is 11.6 Å². The van der Waals surface area contributed by atoms with Crippen molar-refractivity contribution in [2.24, 2.45) is 0 Å². The molecular weight excluding hydrogens is 342 g/mol. The van der Waals surface area contributed by atoms with E-state index in [0.29, 0.717) is 6.04 Å². The van der Waals surface area contributed by atoms with Gasteiger partial charge in [0.2, 0.25) is 0 Å². The van der Waals surface area contributed by atoms with Crippen molar-refractivity contribution in [2.75, 3.05) is 0 Å². The van der Waals surface area contributed by atoms with Crippen LogP contribution in [0.25, 0.3) is 0 Å². The van der Waals surface area contributed by atoms with Crippen LogP contribution < -0.4 is 5.32 Å². The lowest BCUT2D eigenvalue weighted by molar-refractivity contribution is 0.574. The first kappa shape index (κ1) is 15.0. The van der Waals surface area contributed by atoms with E-state index in [1.807, 2.05) is 23.5 Å². The van der Waals surface area contributed by atoms with Crippen LogP contribution in [0.3, 0.4) is 0 Å². The maximum atomic E-state index is 6.10. The average molecular weight is 359 g/mol. The summed E-state index contributed by atoms with van der Waals surface area (Å²) in [6.45, 7) is 7.36. The van der Waals surface area contributed by atoms with Gasteiger partial charge in [0.1, 0.15) is 0 Å². The highest BCUT2D eigenvalue weighted by atomic mass is 79.9. The minimum atomic E-state index is 0.354. The smallest absolute Gasteiger partial charge is 0.0551 e. The Hall–Kier alpha value is -0.350. The SMILES string of the molecule is Cc1cc(C(C)NCc2ccc(Br)c(Cl)c2)c(C)s1. The van der Waals surface area contributed by atoms with Gasteiger partial charge in [-0.2, -0.15) is 0 Å². The maximum absolute atomic E-state index is 6.10. The number of hydrogen-bond acceptors (Lipinski definition) is 2. The van der Waals surface area contributed by atoms with Crippen LogP contribution in [0, 0.1) is 13.8 Å². The minimum absolute atomic E-state index is 0.354. The molecule has 19 heavy (non-hydrogen) atoms. The Kier molecular flexibility index (Phi) is 5.07. The lowest BCUT2D eigenvalue weighted by Gasteiger charge is -2.14. The summed E-state index contributed by atoms with van der Waals surface area (Å²) in [5.74, 6) is 0. The normalized spacial score (nSPS) is 12.7. The molecule has 1 aromatic heterocycles. The predicted octanol–water partition coefficient (Wildman–Crippen LogP) is 5.63. The zero-order valence-corrected chi connectivity index (χ0v) is 14.4. The van der Waals surface area contributed by atoms with Gasteiger partial charge >= 0.3 is 0 Å². The Morgan fingerprint density at radius 2 is 2.05 bits per heavy atom. The molecule has 1 aromatic carbocycles. The van der Waals surface area contributed by atoms with Gasteiger partial charge < -0.3 is 5.32 Å². The number of aryl methyl sites for hydroxylation is 2. The first-order chi connectivity index (χ1) is 8.97. The van der Waals surface area contributed by atoms with E-state index in [0.717, 1.165) is 16.0 Å². The van der Waals surface area contributed by atoms with Gasteiger partial charge in [0.05, 0.1) is 5.02 Å². The monoisotopic (exact) mass is 357 g/mol. The summed E-state index contributed by atoms with van der Waals surface area (Å²) in [6, 6.07) is 8.70. The molecule has 1 nitrogen and oxygen atoms in total. The van der Waals surface area contributed by atoms with Crippen molar-refractivity contribution in [3.05, 3.63) is 54.6 Å². The van der Waals surface area contributed by atoms with Crippen LogP contribution in [0.15, 0.2) is 28.7 Å². The molecule has 0 radical (unpaired) electrons. The summed E-state index contributed by atoms with van der Waals surface area (Å²) >= 11 is 11.4. The topological polar surface area (TPSA) is 12.0 Å². The molecule has 1 unspecified atom stereocenters. The number of thiophene rings is 1. The average Bonchev–Trinajstić information content (AvgIpc) is 2.70. The summed E-state index contributed by atoms with van der Waals surface area (Å²) in [5, 5.41) is 4.31. The quantitative estimate of drug-likeness (QED) is 0.746. The zero-order valence-electron chi connectivity index (χ0n) is 11.3. The van der Waals surface area contributed by atoms with Gasteiger partial charge in [-0.25, -0.2) is 0 Å². The molecule has 0 fully saturated rings. The van der Waals surface area contributed by atoms with Crippen LogP contribution in [-0.4, -0.2) is 0 Å². The van der Waals surface area contributed by atoms with Gasteiger partial charge in [-0.15, -0.1) is 11.3 Å². The van der Waals surface area contributed by atoms with Gasteiger partial charge in [-0.05, 0) is 66.0 Å². The Morgan fingerprint density at radius 3 is 2.63 bits per heavy atom. The minimum Gasteiger partial charge on any atom is -0.306 e. The standard InChI is InChI=1S/C15H17BrClNS/c1-9-6-13(11(3)19-9)10(2)18-8-12-4-5-14(16)15(17)7-12/h4-7,10,18H,8H2,1-3H3. The molecule has 1 atom stereocenters. The van der Waals surface area contributed by atoms with Crippen LogP contribution in [0.2, 0.25) is 5.02 Å². The molecule has 1 heterocycles. The second-order valence-corrected chi connectivity index (χ2v) is 7.44. The van der Waals surface area contributed by atoms with Crippen LogP contribution >= 0.6 is 38.9 Å². The van der Waals surface area contributed by atoms with Gasteiger partial charge in [0.25, 0.3) is 0 Å². The summed E-state index contributed by atoms with van der Waals surface area (Å²) in [5.41, 5.74) is 2.59. The van der Waals surface area contributed by atoms with Crippen molar-refractivity contribution in [3.8, 4) is 0 Å². The number of benzene rings is 1. The predicted molar refractivity (Wildman–Crippen MR) is 88.2 cm³/mol. The second-order valence-electron chi connectivity index (χ2n) is 4.72. The first-order valence-corrected chi connectivity index (χ1v) is 8.20. The van der Waals surface area contributed by atoms with Crippen LogP contribution in [0.1, 0.15) is 33.8 Å². The van der Waals surface area contributed by atoms with Crippen molar-refractivity contribution in [3.63, 3.8) is 0 Å². The Labute approximate surface area is 132 Å². The molecule has 0 spiro atoms. The van der Waals surface area contributed by atoms with Crippen molar-refractivity contribution in [2.45, 2.75) is 33.4 Å². The molecule has 0 saturated carbocycles. The molecule has 0 aliphatic carbocycles. The highest BCUT2D eigenvalue weighted by molar-refractivity contribution is 9.10. The third kappa shape index (κ3) is 3.82. The first-order valence-electron chi connectivity index (χ1n) is 6.21. The van der Waals surface area contributed by atoms with E-state index in [1.54, 1.807) is 0 Å². The van der Waals surface area contributed by atoms with Crippen molar-refractivity contribution in [1.29, 1.82) is 0 Å². The molecule has 102 valence electrons. The molecule has 0 bridgehead atoms. The van der Waals surface area contributed by atoms with Crippen molar-refractivity contribution in [1.82, 2.24) is 5.32 Å². The van der Waals surface area contributed by atoms with E-state index in [2.05, 4.69) is 54.2 Å². The lowest BCUT2D eigenvalue weighted by atomic mass is 10.1. The van der Waals surface area contributed by atoms with E-state index >= 15 is 0 Å². The second kappa shape index (κ2) is 6.40. The fourth-order valence-corrected chi connectivity index (χ4v) is 3.58. The zero-order chi connectivity index (χ0) is 14.0. The van der Waals surface area contributed by atoms with E-state index in [9.17, 15) is 0 Å². The van der Waals surface area contributed by atoms with Gasteiger partial charge in [-0.1, -0.05) is 17.7 Å². The fraction of sp³-hybridized carbons (Fsp3) is 0.333. The molecule has 2 rings (SSSR count). The number of halogens is 2. The maximum Gasteiger partial charge on any atom is 0.0551 e. The third-order valence-corrected chi connectivity index (χ3v) is 5.36. The highest BCUT2D eigenvalue weighted by Gasteiger charge is 2.10. The van der Waals surface area contributed by atoms with Crippen LogP contribution in [-0.2, 0) is 6.54 Å². The molecule has 2 aromatic rings. The molecule has 0 saturated heterocycles. The van der Waals surface area contributed by atoms with Crippen molar-refractivity contribution >= 4 is 38.9 Å².